The molecule has 0 aromatic heterocycles. The highest BCUT2D eigenvalue weighted by Gasteiger charge is 2.16. The van der Waals surface area contributed by atoms with Gasteiger partial charge in [0.05, 0.1) is 6.61 Å². The maximum atomic E-state index is 12.1. The molecule has 3 N–H and O–H groups in total. The highest BCUT2D eigenvalue weighted by atomic mass is 16.5. The van der Waals surface area contributed by atoms with Crippen LogP contribution in [0, 0.1) is 5.92 Å². The van der Waals surface area contributed by atoms with Gasteiger partial charge in [-0.2, -0.15) is 0 Å². The first-order chi connectivity index (χ1) is 15.7. The van der Waals surface area contributed by atoms with Crippen molar-refractivity contribution >= 4 is 17.8 Å². The number of amides is 1. The van der Waals surface area contributed by atoms with Gasteiger partial charge in [-0.05, 0) is 62.6 Å². The lowest BCUT2D eigenvalue weighted by molar-refractivity contribution is -0.144. The Morgan fingerprint density at radius 3 is 2.39 bits per heavy atom. The second-order valence-electron chi connectivity index (χ2n) is 8.27. The second-order valence-corrected chi connectivity index (χ2v) is 8.27. The van der Waals surface area contributed by atoms with Gasteiger partial charge in [-0.3, -0.25) is 9.59 Å². The molecule has 0 radical (unpaired) electrons. The van der Waals surface area contributed by atoms with Crippen molar-refractivity contribution in [3.63, 3.8) is 0 Å². The highest BCUT2D eigenvalue weighted by molar-refractivity contribution is 5.75. The molecule has 1 atom stereocenters. The smallest absolute Gasteiger partial charge is 0.344 e. The second kappa shape index (κ2) is 15.7. The Kier molecular flexibility index (Phi) is 13.3. The third-order valence-corrected chi connectivity index (χ3v) is 4.74. The van der Waals surface area contributed by atoms with E-state index in [0.717, 1.165) is 24.8 Å². The fraction of sp³-hybridized carbons (Fsp3) is 0.560. The number of hydrogen-bond acceptors (Lipinski definition) is 5. The van der Waals surface area contributed by atoms with Gasteiger partial charge in [0.25, 0.3) is 0 Å². The van der Waals surface area contributed by atoms with Gasteiger partial charge in [0.2, 0.25) is 5.91 Å². The first kappa shape index (κ1) is 28.0. The fourth-order valence-electron chi connectivity index (χ4n) is 2.88. The van der Waals surface area contributed by atoms with E-state index in [0.29, 0.717) is 37.5 Å². The van der Waals surface area contributed by atoms with Gasteiger partial charge in [-0.1, -0.05) is 32.1 Å². The van der Waals surface area contributed by atoms with E-state index in [4.69, 9.17) is 19.7 Å². The molecule has 1 unspecified atom stereocenters. The number of unbranched alkanes of at least 4 members (excludes halogenated alkanes) is 3. The minimum atomic E-state index is -1.11. The van der Waals surface area contributed by atoms with Crippen LogP contribution in [0.5, 0.6) is 11.5 Å². The topological polar surface area (TPSA) is 122 Å². The molecule has 1 amide bonds. The molecule has 33 heavy (non-hydrogen) atoms. The number of carboxylic acid groups (broad SMARTS) is 2. The summed E-state index contributed by atoms with van der Waals surface area (Å²) in [5.41, 5.74) is 0.758. The van der Waals surface area contributed by atoms with Gasteiger partial charge in [0.15, 0.2) is 17.6 Å². The predicted octanol–water partition coefficient (Wildman–Crippen LogP) is 4.56. The summed E-state index contributed by atoms with van der Waals surface area (Å²) in [6, 6.07) is 5.11. The number of rotatable bonds is 17. The Balaban J connectivity index is 2.59. The van der Waals surface area contributed by atoms with Gasteiger partial charge in [0, 0.05) is 19.4 Å². The maximum Gasteiger partial charge on any atom is 0.344 e. The first-order valence-electron chi connectivity index (χ1n) is 11.5. The van der Waals surface area contributed by atoms with Crippen molar-refractivity contribution in [2.75, 3.05) is 6.61 Å². The molecule has 0 aliphatic heterocycles. The molecule has 0 bridgehead atoms. The third kappa shape index (κ3) is 13.2. The number of nitrogens with one attached hydrogen (secondary N) is 1. The Bertz CT molecular complexity index is 789. The largest absolute Gasteiger partial charge is 0.490 e. The number of carbonyl (C=O) groups is 3. The van der Waals surface area contributed by atoms with Crippen molar-refractivity contribution < 1.29 is 34.1 Å². The summed E-state index contributed by atoms with van der Waals surface area (Å²) in [6.45, 7) is 6.26. The molecule has 0 fully saturated rings. The van der Waals surface area contributed by atoms with Gasteiger partial charge in [-0.15, -0.1) is 0 Å². The molecule has 1 aromatic rings. The van der Waals surface area contributed by atoms with E-state index in [2.05, 4.69) is 31.3 Å². The third-order valence-electron chi connectivity index (χ3n) is 4.74. The van der Waals surface area contributed by atoms with Gasteiger partial charge >= 0.3 is 11.9 Å². The normalized spacial score (nSPS) is 12.0. The summed E-state index contributed by atoms with van der Waals surface area (Å²) in [5.74, 6) is -0.819. The maximum absolute atomic E-state index is 12.1. The van der Waals surface area contributed by atoms with Crippen LogP contribution in [0.4, 0.5) is 0 Å². The molecule has 1 rings (SSSR count). The van der Waals surface area contributed by atoms with E-state index >= 15 is 0 Å². The average Bonchev–Trinajstić information content (AvgIpc) is 2.75. The molecule has 0 saturated carbocycles. The van der Waals surface area contributed by atoms with E-state index in [9.17, 15) is 14.4 Å². The minimum Gasteiger partial charge on any atom is -0.490 e. The summed E-state index contributed by atoms with van der Waals surface area (Å²) < 4.78 is 11.2. The number of carboxylic acids is 2. The average molecular weight is 464 g/mol. The molecule has 0 heterocycles. The van der Waals surface area contributed by atoms with Crippen molar-refractivity contribution in [3.8, 4) is 11.5 Å². The molecule has 0 spiro atoms. The number of hydrogen-bond donors (Lipinski definition) is 3. The van der Waals surface area contributed by atoms with Crippen LogP contribution in [0.25, 0.3) is 0 Å². The predicted molar refractivity (Wildman–Crippen MR) is 125 cm³/mol. The van der Waals surface area contributed by atoms with Crippen LogP contribution < -0.4 is 14.8 Å². The zero-order valence-electron chi connectivity index (χ0n) is 19.8. The van der Waals surface area contributed by atoms with E-state index in [1.165, 1.54) is 6.92 Å². The molecule has 0 saturated heterocycles. The van der Waals surface area contributed by atoms with Crippen LogP contribution in [0.3, 0.4) is 0 Å². The Morgan fingerprint density at radius 1 is 1.00 bits per heavy atom. The molecule has 8 nitrogen and oxygen atoms in total. The quantitative estimate of drug-likeness (QED) is 0.229. The van der Waals surface area contributed by atoms with Crippen molar-refractivity contribution in [1.29, 1.82) is 0 Å². The molecule has 0 aliphatic carbocycles. The number of allylic oxidation sites excluding steroid dienone is 2. The molecule has 0 aliphatic rings. The standard InChI is InChI=1S/C25H37NO7/c1-18(2)10-6-4-5-7-11-23(27)26-17-20-13-14-21(32-15-9-8-12-24(28)29)22(16-20)33-19(3)25(30)31/h6,10,13-14,16,18-19H,4-5,7-9,11-12,15,17H2,1-3H3,(H,26,27)(H,28,29)(H,30,31). The van der Waals surface area contributed by atoms with Crippen molar-refractivity contribution in [2.45, 2.75) is 78.4 Å². The van der Waals surface area contributed by atoms with Gasteiger partial charge in [0.1, 0.15) is 0 Å². The van der Waals surface area contributed by atoms with Crippen molar-refractivity contribution in [2.24, 2.45) is 5.92 Å². The van der Waals surface area contributed by atoms with Gasteiger partial charge in [-0.25, -0.2) is 4.79 Å². The number of ether oxygens (including phenoxy) is 2. The highest BCUT2D eigenvalue weighted by Crippen LogP contribution is 2.30. The minimum absolute atomic E-state index is 0.0389. The molecular weight excluding hydrogens is 426 g/mol. The van der Waals surface area contributed by atoms with Crippen LogP contribution in [-0.4, -0.2) is 40.8 Å². The van der Waals surface area contributed by atoms with Crippen LogP contribution in [0.15, 0.2) is 30.4 Å². The van der Waals surface area contributed by atoms with Crippen molar-refractivity contribution in [3.05, 3.63) is 35.9 Å². The number of carbonyl (C=O) groups excluding carboxylic acids is 1. The molecule has 8 heteroatoms. The lowest BCUT2D eigenvalue weighted by Crippen LogP contribution is -2.24. The van der Waals surface area contributed by atoms with Gasteiger partial charge < -0.3 is 25.0 Å². The molecule has 184 valence electrons. The summed E-state index contributed by atoms with van der Waals surface area (Å²) >= 11 is 0. The molecule has 1 aromatic carbocycles. The summed E-state index contributed by atoms with van der Waals surface area (Å²) in [6.07, 6.45) is 7.52. The van der Waals surface area contributed by atoms with Crippen LogP contribution in [0.2, 0.25) is 0 Å². The Labute approximate surface area is 196 Å². The SMILES string of the molecule is CC(C)C=CCCCCC(=O)NCc1ccc(OCCCCC(=O)O)c(OC(C)C(=O)O)c1. The van der Waals surface area contributed by atoms with Crippen molar-refractivity contribution in [1.82, 2.24) is 5.32 Å². The fourth-order valence-corrected chi connectivity index (χ4v) is 2.88. The number of aliphatic carboxylic acids is 2. The van der Waals surface area contributed by atoms with Crippen LogP contribution in [-0.2, 0) is 20.9 Å². The lowest BCUT2D eigenvalue weighted by atomic mass is 10.1. The lowest BCUT2D eigenvalue weighted by Gasteiger charge is -2.16. The molecular formula is C25H37NO7. The van der Waals surface area contributed by atoms with E-state index in [1.807, 2.05) is 0 Å². The van der Waals surface area contributed by atoms with Crippen LogP contribution in [0.1, 0.15) is 71.3 Å². The van der Waals surface area contributed by atoms with Crippen LogP contribution >= 0.6 is 0 Å². The zero-order chi connectivity index (χ0) is 24.6. The number of benzene rings is 1. The Hall–Kier alpha value is -3.03. The Morgan fingerprint density at radius 2 is 1.73 bits per heavy atom. The monoisotopic (exact) mass is 463 g/mol. The summed E-state index contributed by atoms with van der Waals surface area (Å²) in [4.78, 5) is 33.9. The van der Waals surface area contributed by atoms with E-state index in [1.54, 1.807) is 18.2 Å². The zero-order valence-corrected chi connectivity index (χ0v) is 19.8. The van der Waals surface area contributed by atoms with E-state index < -0.39 is 18.0 Å². The summed E-state index contributed by atoms with van der Waals surface area (Å²) in [5, 5.41) is 20.7. The van der Waals surface area contributed by atoms with E-state index in [-0.39, 0.29) is 24.7 Å². The summed E-state index contributed by atoms with van der Waals surface area (Å²) in [7, 11) is 0. The first-order valence-corrected chi connectivity index (χ1v) is 11.5.